The molecule has 1 unspecified atom stereocenters. The second-order valence-corrected chi connectivity index (χ2v) is 4.91. The van der Waals surface area contributed by atoms with Crippen LogP contribution in [0.2, 0.25) is 0 Å². The van der Waals surface area contributed by atoms with Gasteiger partial charge in [-0.1, -0.05) is 42.5 Å². The molecule has 2 rings (SSSR count). The molecule has 0 aliphatic heterocycles. The Bertz CT molecular complexity index is 539. The summed E-state index contributed by atoms with van der Waals surface area (Å²) in [6.07, 6.45) is -4.26. The zero-order valence-electron chi connectivity index (χ0n) is 11.4. The highest BCUT2D eigenvalue weighted by Gasteiger charge is 2.64. The molecule has 0 aromatic heterocycles. The van der Waals surface area contributed by atoms with Crippen molar-refractivity contribution < 1.29 is 27.4 Å². The zero-order chi connectivity index (χ0) is 15.7. The number of hydrogen-bond donors (Lipinski definition) is 0. The molecule has 1 saturated carbocycles. The lowest BCUT2D eigenvalue weighted by Gasteiger charge is -2.32. The SMILES string of the molecule is C=C1C[C@H]1COC(=O)C(OC)(c1ccccc1)C(F)(F)F. The van der Waals surface area contributed by atoms with Gasteiger partial charge in [0.1, 0.15) is 0 Å². The lowest BCUT2D eigenvalue weighted by atomic mass is 9.93. The van der Waals surface area contributed by atoms with Crippen LogP contribution in [0.4, 0.5) is 13.2 Å². The summed E-state index contributed by atoms with van der Waals surface area (Å²) in [5.74, 6) is -1.50. The average molecular weight is 300 g/mol. The predicted molar refractivity (Wildman–Crippen MR) is 69.4 cm³/mol. The quantitative estimate of drug-likeness (QED) is 0.619. The number of methoxy groups -OCH3 is 1. The van der Waals surface area contributed by atoms with Crippen molar-refractivity contribution in [2.45, 2.75) is 18.2 Å². The van der Waals surface area contributed by atoms with Crippen LogP contribution in [0, 0.1) is 5.92 Å². The largest absolute Gasteiger partial charge is 0.462 e. The molecule has 0 heterocycles. The Hall–Kier alpha value is -1.82. The summed E-state index contributed by atoms with van der Waals surface area (Å²) in [6.45, 7) is 3.57. The van der Waals surface area contributed by atoms with Gasteiger partial charge < -0.3 is 9.47 Å². The maximum absolute atomic E-state index is 13.5. The lowest BCUT2D eigenvalue weighted by Crippen LogP contribution is -2.51. The number of benzene rings is 1. The van der Waals surface area contributed by atoms with Crippen molar-refractivity contribution in [1.82, 2.24) is 0 Å². The summed E-state index contributed by atoms with van der Waals surface area (Å²) < 4.78 is 49.9. The van der Waals surface area contributed by atoms with Crippen molar-refractivity contribution in [3.8, 4) is 0 Å². The summed E-state index contributed by atoms with van der Waals surface area (Å²) in [4.78, 5) is 12.1. The summed E-state index contributed by atoms with van der Waals surface area (Å²) >= 11 is 0. The summed E-state index contributed by atoms with van der Waals surface area (Å²) in [5.41, 5.74) is -2.54. The molecule has 1 aromatic carbocycles. The molecule has 0 spiro atoms. The van der Waals surface area contributed by atoms with Gasteiger partial charge in [-0.2, -0.15) is 13.2 Å². The first-order valence-corrected chi connectivity index (χ1v) is 6.35. The number of carbonyl (C=O) groups is 1. The Labute approximate surface area is 120 Å². The van der Waals surface area contributed by atoms with E-state index in [9.17, 15) is 18.0 Å². The maximum Gasteiger partial charge on any atom is 0.432 e. The van der Waals surface area contributed by atoms with Gasteiger partial charge in [0.2, 0.25) is 0 Å². The van der Waals surface area contributed by atoms with Gasteiger partial charge in [0.25, 0.3) is 5.60 Å². The maximum atomic E-state index is 13.5. The highest BCUT2D eigenvalue weighted by atomic mass is 19.4. The number of esters is 1. The topological polar surface area (TPSA) is 35.5 Å². The van der Waals surface area contributed by atoms with E-state index in [1.807, 2.05) is 0 Å². The highest BCUT2D eigenvalue weighted by molar-refractivity contribution is 5.82. The van der Waals surface area contributed by atoms with E-state index >= 15 is 0 Å². The fraction of sp³-hybridized carbons (Fsp3) is 0.400. The van der Waals surface area contributed by atoms with Crippen LogP contribution in [-0.4, -0.2) is 25.9 Å². The smallest absolute Gasteiger partial charge is 0.432 e. The van der Waals surface area contributed by atoms with Crippen LogP contribution in [-0.2, 0) is 19.9 Å². The molecule has 1 aliphatic rings. The minimum Gasteiger partial charge on any atom is -0.462 e. The van der Waals surface area contributed by atoms with Gasteiger partial charge in [0, 0.05) is 18.6 Å². The van der Waals surface area contributed by atoms with Crippen LogP contribution in [0.1, 0.15) is 12.0 Å². The van der Waals surface area contributed by atoms with E-state index in [0.717, 1.165) is 12.7 Å². The van der Waals surface area contributed by atoms with E-state index in [2.05, 4.69) is 11.3 Å². The Balaban J connectivity index is 2.31. The van der Waals surface area contributed by atoms with Crippen LogP contribution in [0.15, 0.2) is 42.5 Å². The zero-order valence-corrected chi connectivity index (χ0v) is 11.4. The number of ether oxygens (including phenoxy) is 2. The van der Waals surface area contributed by atoms with Crippen molar-refractivity contribution >= 4 is 5.97 Å². The van der Waals surface area contributed by atoms with Gasteiger partial charge in [0.15, 0.2) is 0 Å². The third kappa shape index (κ3) is 2.81. The van der Waals surface area contributed by atoms with E-state index in [1.54, 1.807) is 6.07 Å². The summed E-state index contributed by atoms with van der Waals surface area (Å²) in [5, 5.41) is 0. The third-order valence-electron chi connectivity index (χ3n) is 3.51. The molecule has 0 N–H and O–H groups in total. The molecule has 0 bridgehead atoms. The molecule has 1 aliphatic carbocycles. The van der Waals surface area contributed by atoms with Gasteiger partial charge in [0.05, 0.1) is 6.61 Å². The Kier molecular flexibility index (Phi) is 4.09. The van der Waals surface area contributed by atoms with E-state index in [0.29, 0.717) is 6.42 Å². The predicted octanol–water partition coefficient (Wildman–Crippen LogP) is 3.21. The Morgan fingerprint density at radius 3 is 2.33 bits per heavy atom. The first-order valence-electron chi connectivity index (χ1n) is 6.35. The van der Waals surface area contributed by atoms with E-state index in [4.69, 9.17) is 4.74 Å². The van der Waals surface area contributed by atoms with E-state index in [-0.39, 0.29) is 18.1 Å². The molecule has 114 valence electrons. The Morgan fingerprint density at radius 2 is 1.90 bits per heavy atom. The molecule has 0 saturated heterocycles. The average Bonchev–Trinajstić information content (AvgIpc) is 3.13. The molecule has 1 aromatic rings. The molecule has 0 radical (unpaired) electrons. The van der Waals surface area contributed by atoms with Crippen molar-refractivity contribution in [2.75, 3.05) is 13.7 Å². The monoisotopic (exact) mass is 300 g/mol. The normalized spacial score (nSPS) is 20.8. The first kappa shape index (κ1) is 15.6. The summed E-state index contributed by atoms with van der Waals surface area (Å²) in [7, 11) is 0.845. The molecule has 3 nitrogen and oxygen atoms in total. The second-order valence-electron chi connectivity index (χ2n) is 4.91. The van der Waals surface area contributed by atoms with Crippen molar-refractivity contribution in [2.24, 2.45) is 5.92 Å². The summed E-state index contributed by atoms with van der Waals surface area (Å²) in [6, 6.07) is 6.75. The molecule has 0 amide bonds. The van der Waals surface area contributed by atoms with Gasteiger partial charge in [-0.05, 0) is 6.42 Å². The highest BCUT2D eigenvalue weighted by Crippen LogP contribution is 2.43. The lowest BCUT2D eigenvalue weighted by molar-refractivity contribution is -0.276. The molecule has 21 heavy (non-hydrogen) atoms. The van der Waals surface area contributed by atoms with Crippen LogP contribution in [0.5, 0.6) is 0 Å². The van der Waals surface area contributed by atoms with Gasteiger partial charge in [-0.3, -0.25) is 0 Å². The Morgan fingerprint density at radius 1 is 1.33 bits per heavy atom. The number of carbonyl (C=O) groups excluding carboxylic acids is 1. The second kappa shape index (κ2) is 5.52. The molecule has 2 atom stereocenters. The minimum absolute atomic E-state index is 0.0486. The number of hydrogen-bond acceptors (Lipinski definition) is 3. The van der Waals surface area contributed by atoms with Crippen LogP contribution < -0.4 is 0 Å². The number of halogens is 3. The van der Waals surface area contributed by atoms with Crippen LogP contribution in [0.25, 0.3) is 0 Å². The first-order chi connectivity index (χ1) is 9.83. The molecule has 6 heteroatoms. The van der Waals surface area contributed by atoms with Gasteiger partial charge in [-0.15, -0.1) is 0 Å². The van der Waals surface area contributed by atoms with E-state index < -0.39 is 17.7 Å². The van der Waals surface area contributed by atoms with Crippen LogP contribution in [0.3, 0.4) is 0 Å². The number of rotatable bonds is 5. The molecular weight excluding hydrogens is 285 g/mol. The molecular formula is C15H15F3O3. The van der Waals surface area contributed by atoms with Crippen molar-refractivity contribution in [1.29, 1.82) is 0 Å². The standard InChI is InChI=1S/C15H15F3O3/c1-10-8-11(10)9-21-13(19)14(20-2,15(16,17)18)12-6-4-3-5-7-12/h3-7,11H,1,8-9H2,2H3/t11-,14?/m0/s1. The van der Waals surface area contributed by atoms with Crippen LogP contribution >= 0.6 is 0 Å². The van der Waals surface area contributed by atoms with E-state index in [1.165, 1.54) is 24.3 Å². The van der Waals surface area contributed by atoms with Crippen molar-refractivity contribution in [3.63, 3.8) is 0 Å². The third-order valence-corrected chi connectivity index (χ3v) is 3.51. The fourth-order valence-corrected chi connectivity index (χ4v) is 2.10. The number of alkyl halides is 3. The van der Waals surface area contributed by atoms with Crippen molar-refractivity contribution in [3.05, 3.63) is 48.0 Å². The van der Waals surface area contributed by atoms with Gasteiger partial charge >= 0.3 is 12.1 Å². The van der Waals surface area contributed by atoms with Gasteiger partial charge in [-0.25, -0.2) is 4.79 Å². The fourth-order valence-electron chi connectivity index (χ4n) is 2.10. The minimum atomic E-state index is -4.93. The molecule has 1 fully saturated rings.